The Labute approximate surface area is 175 Å². The van der Waals surface area contributed by atoms with Crippen molar-refractivity contribution in [3.63, 3.8) is 0 Å². The molecule has 1 amide bonds. The first-order valence-corrected chi connectivity index (χ1v) is 10.5. The average molecular weight is 415 g/mol. The predicted octanol–water partition coefficient (Wildman–Crippen LogP) is 6.61. The molecule has 1 saturated heterocycles. The maximum atomic E-state index is 12.7. The van der Waals surface area contributed by atoms with E-state index < -0.39 is 0 Å². The van der Waals surface area contributed by atoms with Crippen molar-refractivity contribution in [1.29, 1.82) is 0 Å². The van der Waals surface area contributed by atoms with Crippen LogP contribution in [0.4, 0.5) is 0 Å². The van der Waals surface area contributed by atoms with Crippen molar-refractivity contribution in [3.8, 4) is 11.3 Å². The maximum absolute atomic E-state index is 12.7. The quantitative estimate of drug-likeness (QED) is 0.470. The lowest BCUT2D eigenvalue weighted by Crippen LogP contribution is -2.35. The number of rotatable bonds is 4. The van der Waals surface area contributed by atoms with Crippen LogP contribution in [-0.2, 0) is 11.8 Å². The smallest absolute Gasteiger partial charge is 0.223 e. The molecule has 0 saturated carbocycles. The molecule has 4 rings (SSSR count). The molecule has 1 fully saturated rings. The average Bonchev–Trinajstić information content (AvgIpc) is 3.19. The van der Waals surface area contributed by atoms with Crippen LogP contribution in [0.1, 0.15) is 44.7 Å². The number of likely N-dealkylation sites (tertiary alicyclic amines) is 1. The second kappa shape index (κ2) is 7.46. The number of benzene rings is 2. The van der Waals surface area contributed by atoms with Gasteiger partial charge in [0.25, 0.3) is 0 Å². The molecule has 2 heterocycles. The van der Waals surface area contributed by atoms with Gasteiger partial charge in [0.15, 0.2) is 0 Å². The molecule has 5 heteroatoms. The standard InChI is InChI=1S/C23H24Cl2N2O/c1-4-14(2)27-20(11-12-21(27)28)22-17-7-5-6-8-19(17)26(3)23(22)16-10-9-15(24)13-18(16)25/h5-10,13-14,20H,4,11-12H2,1-3H3. The first-order chi connectivity index (χ1) is 13.4. The van der Waals surface area contributed by atoms with Gasteiger partial charge in [0, 0.05) is 46.6 Å². The fourth-order valence-corrected chi connectivity index (χ4v) is 5.00. The van der Waals surface area contributed by atoms with Gasteiger partial charge in [-0.05, 0) is 44.0 Å². The van der Waals surface area contributed by atoms with E-state index in [1.165, 1.54) is 10.9 Å². The molecule has 2 aromatic carbocycles. The summed E-state index contributed by atoms with van der Waals surface area (Å²) >= 11 is 12.8. The number of amides is 1. The van der Waals surface area contributed by atoms with Gasteiger partial charge in [-0.25, -0.2) is 0 Å². The molecule has 0 radical (unpaired) electrons. The van der Waals surface area contributed by atoms with E-state index in [1.54, 1.807) is 6.07 Å². The van der Waals surface area contributed by atoms with Crippen molar-refractivity contribution in [2.45, 2.75) is 45.2 Å². The van der Waals surface area contributed by atoms with Gasteiger partial charge in [-0.1, -0.05) is 48.3 Å². The van der Waals surface area contributed by atoms with E-state index in [1.807, 2.05) is 18.2 Å². The SMILES string of the molecule is CCC(C)N1C(=O)CCC1c1c(-c2ccc(Cl)cc2Cl)n(C)c2ccccc12. The van der Waals surface area contributed by atoms with E-state index >= 15 is 0 Å². The molecule has 0 N–H and O–H groups in total. The van der Waals surface area contributed by atoms with Crippen LogP contribution < -0.4 is 0 Å². The molecule has 0 aliphatic carbocycles. The first-order valence-electron chi connectivity index (χ1n) is 9.78. The Bertz CT molecular complexity index is 1060. The fourth-order valence-electron chi connectivity index (χ4n) is 4.50. The molecule has 3 nitrogen and oxygen atoms in total. The minimum atomic E-state index is 0.0512. The van der Waals surface area contributed by atoms with Crippen molar-refractivity contribution in [1.82, 2.24) is 9.47 Å². The minimum Gasteiger partial charge on any atom is -0.343 e. The highest BCUT2D eigenvalue weighted by Crippen LogP contribution is 2.46. The van der Waals surface area contributed by atoms with Crippen LogP contribution in [-0.4, -0.2) is 21.4 Å². The Balaban J connectivity index is 2.01. The number of fused-ring (bicyclic) bond motifs is 1. The zero-order valence-electron chi connectivity index (χ0n) is 16.4. The molecule has 2 atom stereocenters. The van der Waals surface area contributed by atoms with Crippen LogP contribution in [0.5, 0.6) is 0 Å². The molecular formula is C23H24Cl2N2O. The van der Waals surface area contributed by atoms with E-state index in [-0.39, 0.29) is 18.0 Å². The molecule has 1 aliphatic heterocycles. The molecule has 1 aliphatic rings. The number of carbonyl (C=O) groups is 1. The van der Waals surface area contributed by atoms with Gasteiger partial charge >= 0.3 is 0 Å². The highest BCUT2D eigenvalue weighted by Gasteiger charge is 2.38. The zero-order valence-corrected chi connectivity index (χ0v) is 17.9. The van der Waals surface area contributed by atoms with Crippen molar-refractivity contribution in [3.05, 3.63) is 58.1 Å². The van der Waals surface area contributed by atoms with Gasteiger partial charge in [-0.15, -0.1) is 0 Å². The Kier molecular flexibility index (Phi) is 5.15. The second-order valence-corrected chi connectivity index (χ2v) is 8.42. The zero-order chi connectivity index (χ0) is 20.0. The van der Waals surface area contributed by atoms with Gasteiger partial charge in [-0.3, -0.25) is 4.79 Å². The lowest BCUT2D eigenvalue weighted by molar-refractivity contribution is -0.131. The Morgan fingerprint density at radius 3 is 2.64 bits per heavy atom. The number of aryl methyl sites for hydroxylation is 1. The third kappa shape index (κ3) is 3.01. The van der Waals surface area contributed by atoms with Crippen molar-refractivity contribution >= 4 is 40.0 Å². The highest BCUT2D eigenvalue weighted by molar-refractivity contribution is 6.36. The van der Waals surface area contributed by atoms with Gasteiger partial charge in [0.1, 0.15) is 0 Å². The molecule has 28 heavy (non-hydrogen) atoms. The van der Waals surface area contributed by atoms with E-state index in [2.05, 4.69) is 48.6 Å². The van der Waals surface area contributed by atoms with E-state index in [9.17, 15) is 4.79 Å². The molecule has 2 unspecified atom stereocenters. The van der Waals surface area contributed by atoms with Crippen LogP contribution in [0.15, 0.2) is 42.5 Å². The van der Waals surface area contributed by atoms with Crippen molar-refractivity contribution < 1.29 is 4.79 Å². The van der Waals surface area contributed by atoms with Crippen LogP contribution >= 0.6 is 23.2 Å². The summed E-state index contributed by atoms with van der Waals surface area (Å²) in [6.07, 6.45) is 2.35. The van der Waals surface area contributed by atoms with Crippen molar-refractivity contribution in [2.75, 3.05) is 0 Å². The molecule has 146 valence electrons. The van der Waals surface area contributed by atoms with Gasteiger partial charge in [0.05, 0.1) is 16.8 Å². The Morgan fingerprint density at radius 1 is 1.18 bits per heavy atom. The van der Waals surface area contributed by atoms with Gasteiger partial charge in [-0.2, -0.15) is 0 Å². The molecular weight excluding hydrogens is 391 g/mol. The number of hydrogen-bond acceptors (Lipinski definition) is 1. The topological polar surface area (TPSA) is 25.2 Å². The summed E-state index contributed by atoms with van der Waals surface area (Å²) in [4.78, 5) is 14.8. The lowest BCUT2D eigenvalue weighted by Gasteiger charge is -2.31. The van der Waals surface area contributed by atoms with Crippen molar-refractivity contribution in [2.24, 2.45) is 7.05 Å². The van der Waals surface area contributed by atoms with Crippen LogP contribution in [0.2, 0.25) is 10.0 Å². The predicted molar refractivity (Wildman–Crippen MR) is 117 cm³/mol. The first kappa shape index (κ1) is 19.4. The summed E-state index contributed by atoms with van der Waals surface area (Å²) < 4.78 is 2.19. The molecule has 0 spiro atoms. The Morgan fingerprint density at radius 2 is 1.93 bits per heavy atom. The van der Waals surface area contributed by atoms with Gasteiger partial charge in [0.2, 0.25) is 5.91 Å². The summed E-state index contributed by atoms with van der Waals surface area (Å²) in [6, 6.07) is 14.3. The third-order valence-electron chi connectivity index (χ3n) is 5.99. The fraction of sp³-hybridized carbons (Fsp3) is 0.348. The normalized spacial score (nSPS) is 18.2. The summed E-state index contributed by atoms with van der Waals surface area (Å²) in [5.41, 5.74) is 4.34. The van der Waals surface area contributed by atoms with Crippen LogP contribution in [0.25, 0.3) is 22.2 Å². The second-order valence-electron chi connectivity index (χ2n) is 7.58. The minimum absolute atomic E-state index is 0.0512. The summed E-state index contributed by atoms with van der Waals surface area (Å²) in [5, 5.41) is 2.42. The summed E-state index contributed by atoms with van der Waals surface area (Å²) in [5.74, 6) is 0.237. The largest absolute Gasteiger partial charge is 0.343 e. The van der Waals surface area contributed by atoms with Crippen LogP contribution in [0.3, 0.4) is 0 Å². The number of aromatic nitrogens is 1. The van der Waals surface area contributed by atoms with Crippen LogP contribution in [0, 0.1) is 0 Å². The number of hydrogen-bond donors (Lipinski definition) is 0. The van der Waals surface area contributed by atoms with E-state index in [0.717, 1.165) is 29.6 Å². The number of carbonyl (C=O) groups excluding carboxylic acids is 1. The molecule has 3 aromatic rings. The van der Waals surface area contributed by atoms with Gasteiger partial charge < -0.3 is 9.47 Å². The Hall–Kier alpha value is -1.97. The molecule has 1 aromatic heterocycles. The maximum Gasteiger partial charge on any atom is 0.223 e. The number of para-hydroxylation sites is 1. The van der Waals surface area contributed by atoms with E-state index in [0.29, 0.717) is 16.5 Å². The lowest BCUT2D eigenvalue weighted by atomic mass is 9.96. The highest BCUT2D eigenvalue weighted by atomic mass is 35.5. The number of halogens is 2. The number of nitrogens with zero attached hydrogens (tertiary/aromatic N) is 2. The molecule has 0 bridgehead atoms. The summed E-state index contributed by atoms with van der Waals surface area (Å²) in [6.45, 7) is 4.27. The monoisotopic (exact) mass is 414 g/mol. The summed E-state index contributed by atoms with van der Waals surface area (Å²) in [7, 11) is 2.07. The van der Waals surface area contributed by atoms with E-state index in [4.69, 9.17) is 23.2 Å². The third-order valence-corrected chi connectivity index (χ3v) is 6.53.